The number of carbonyl (C=O) groups excluding carboxylic acids is 2. The summed E-state index contributed by atoms with van der Waals surface area (Å²) in [6, 6.07) is 14.8. The minimum absolute atomic E-state index is 0.135. The van der Waals surface area contributed by atoms with Gasteiger partial charge in [0.1, 0.15) is 0 Å². The number of hydrogen-bond acceptors (Lipinski definition) is 6. The Morgan fingerprint density at radius 2 is 1.89 bits per heavy atom. The van der Waals surface area contributed by atoms with Crippen molar-refractivity contribution < 1.29 is 23.8 Å². The number of para-hydroxylation sites is 1. The Labute approximate surface area is 157 Å². The summed E-state index contributed by atoms with van der Waals surface area (Å²) in [5.74, 6) is 0.180. The molecule has 1 aliphatic rings. The molecule has 3 rings (SSSR count). The summed E-state index contributed by atoms with van der Waals surface area (Å²) < 4.78 is 15.4. The molecule has 0 aromatic heterocycles. The molecule has 1 N–H and O–H groups in total. The van der Waals surface area contributed by atoms with Crippen LogP contribution in [0.5, 0.6) is 11.5 Å². The largest absolute Gasteiger partial charge is 0.454 e. The van der Waals surface area contributed by atoms with Crippen molar-refractivity contribution in [2.24, 2.45) is 0 Å². The highest BCUT2D eigenvalue weighted by Crippen LogP contribution is 2.32. The SMILES string of the molecule is CN(CCCNC(=O)COC(=O)c1ccc2c(c1)OCO2)c1ccccc1. The summed E-state index contributed by atoms with van der Waals surface area (Å²) in [4.78, 5) is 26.0. The first kappa shape index (κ1) is 18.6. The summed E-state index contributed by atoms with van der Waals surface area (Å²) >= 11 is 0. The van der Waals surface area contributed by atoms with Crippen molar-refractivity contribution in [1.29, 1.82) is 0 Å². The van der Waals surface area contributed by atoms with Crippen molar-refractivity contribution in [1.82, 2.24) is 5.32 Å². The van der Waals surface area contributed by atoms with E-state index in [2.05, 4.69) is 10.2 Å². The van der Waals surface area contributed by atoms with E-state index in [1.165, 1.54) is 0 Å². The fourth-order valence-electron chi connectivity index (χ4n) is 2.64. The molecule has 0 bridgehead atoms. The van der Waals surface area contributed by atoms with Gasteiger partial charge in [0.2, 0.25) is 6.79 Å². The molecule has 142 valence electrons. The number of ether oxygens (including phenoxy) is 3. The molecule has 0 saturated heterocycles. The smallest absolute Gasteiger partial charge is 0.338 e. The second kappa shape index (κ2) is 8.93. The second-order valence-electron chi connectivity index (χ2n) is 6.10. The number of nitrogens with zero attached hydrogens (tertiary/aromatic N) is 1. The molecule has 0 atom stereocenters. The van der Waals surface area contributed by atoms with Crippen LogP contribution in [0.4, 0.5) is 5.69 Å². The lowest BCUT2D eigenvalue weighted by molar-refractivity contribution is -0.124. The molecular formula is C20H22N2O5. The molecule has 1 heterocycles. The lowest BCUT2D eigenvalue weighted by Crippen LogP contribution is -2.31. The van der Waals surface area contributed by atoms with Crippen LogP contribution in [0.3, 0.4) is 0 Å². The molecule has 7 nitrogen and oxygen atoms in total. The van der Waals surface area contributed by atoms with E-state index >= 15 is 0 Å². The number of fused-ring (bicyclic) bond motifs is 1. The van der Waals surface area contributed by atoms with Crippen LogP contribution in [-0.2, 0) is 9.53 Å². The van der Waals surface area contributed by atoms with E-state index in [1.807, 2.05) is 37.4 Å². The maximum Gasteiger partial charge on any atom is 0.338 e. The fraction of sp³-hybridized carbons (Fsp3) is 0.300. The average molecular weight is 370 g/mol. The number of rotatable bonds is 8. The third kappa shape index (κ3) is 5.13. The number of hydrogen-bond donors (Lipinski definition) is 1. The molecule has 0 spiro atoms. The summed E-state index contributed by atoms with van der Waals surface area (Å²) in [5.41, 5.74) is 1.44. The van der Waals surface area contributed by atoms with Gasteiger partial charge in [0.25, 0.3) is 5.91 Å². The number of carbonyl (C=O) groups is 2. The number of nitrogens with one attached hydrogen (secondary N) is 1. The van der Waals surface area contributed by atoms with Crippen molar-refractivity contribution in [3.63, 3.8) is 0 Å². The van der Waals surface area contributed by atoms with Crippen molar-refractivity contribution in [2.75, 3.05) is 38.4 Å². The standard InChI is InChI=1S/C20H22N2O5/c1-22(16-6-3-2-4-7-16)11-5-10-21-19(23)13-25-20(24)15-8-9-17-18(12-15)27-14-26-17/h2-4,6-9,12H,5,10-11,13-14H2,1H3,(H,21,23). The molecule has 7 heteroatoms. The van der Waals surface area contributed by atoms with Crippen LogP contribution >= 0.6 is 0 Å². The van der Waals surface area contributed by atoms with Crippen molar-refractivity contribution in [3.8, 4) is 11.5 Å². The zero-order valence-corrected chi connectivity index (χ0v) is 15.1. The van der Waals surface area contributed by atoms with Gasteiger partial charge in [-0.1, -0.05) is 18.2 Å². The zero-order valence-electron chi connectivity index (χ0n) is 15.1. The van der Waals surface area contributed by atoms with Crippen LogP contribution in [0.2, 0.25) is 0 Å². The Hall–Kier alpha value is -3.22. The highest BCUT2D eigenvalue weighted by molar-refractivity contribution is 5.92. The minimum Gasteiger partial charge on any atom is -0.454 e. The summed E-state index contributed by atoms with van der Waals surface area (Å²) in [5, 5.41) is 2.75. The summed E-state index contributed by atoms with van der Waals surface area (Å²) in [6.45, 7) is 1.14. The Balaban J connectivity index is 1.34. The normalized spacial score (nSPS) is 11.7. The predicted molar refractivity (Wildman–Crippen MR) is 100 cm³/mol. The van der Waals surface area contributed by atoms with Gasteiger partial charge in [-0.3, -0.25) is 4.79 Å². The highest BCUT2D eigenvalue weighted by atomic mass is 16.7. The molecule has 0 saturated carbocycles. The first-order valence-electron chi connectivity index (χ1n) is 8.73. The second-order valence-corrected chi connectivity index (χ2v) is 6.10. The van der Waals surface area contributed by atoms with E-state index in [4.69, 9.17) is 14.2 Å². The maximum absolute atomic E-state index is 12.0. The van der Waals surface area contributed by atoms with E-state index in [0.717, 1.165) is 18.7 Å². The quantitative estimate of drug-likeness (QED) is 0.567. The van der Waals surface area contributed by atoms with E-state index in [0.29, 0.717) is 23.6 Å². The Morgan fingerprint density at radius 1 is 1.11 bits per heavy atom. The predicted octanol–water partition coefficient (Wildman–Crippen LogP) is 2.21. The number of benzene rings is 2. The molecule has 0 aliphatic carbocycles. The van der Waals surface area contributed by atoms with Crippen LogP contribution in [-0.4, -0.2) is 45.4 Å². The molecule has 0 radical (unpaired) electrons. The third-order valence-corrected chi connectivity index (χ3v) is 4.13. The Bertz CT molecular complexity index is 794. The van der Waals surface area contributed by atoms with Gasteiger partial charge in [0, 0.05) is 25.8 Å². The molecular weight excluding hydrogens is 348 g/mol. The Kier molecular flexibility index (Phi) is 6.14. The van der Waals surface area contributed by atoms with E-state index in [-0.39, 0.29) is 19.3 Å². The highest BCUT2D eigenvalue weighted by Gasteiger charge is 2.17. The maximum atomic E-state index is 12.0. The lowest BCUT2D eigenvalue weighted by Gasteiger charge is -2.19. The number of amides is 1. The third-order valence-electron chi connectivity index (χ3n) is 4.13. The molecule has 27 heavy (non-hydrogen) atoms. The van der Waals surface area contributed by atoms with Gasteiger partial charge < -0.3 is 24.4 Å². The topological polar surface area (TPSA) is 77.1 Å². The van der Waals surface area contributed by atoms with E-state index in [1.54, 1.807) is 18.2 Å². The first-order chi connectivity index (χ1) is 13.1. The molecule has 1 aliphatic heterocycles. The van der Waals surface area contributed by atoms with Gasteiger partial charge in [0.15, 0.2) is 18.1 Å². The van der Waals surface area contributed by atoms with Gasteiger partial charge in [-0.2, -0.15) is 0 Å². The molecule has 0 unspecified atom stereocenters. The van der Waals surface area contributed by atoms with Crippen LogP contribution in [0.25, 0.3) is 0 Å². The molecule has 0 fully saturated rings. The van der Waals surface area contributed by atoms with Crippen LogP contribution < -0.4 is 19.7 Å². The Morgan fingerprint density at radius 3 is 2.70 bits per heavy atom. The van der Waals surface area contributed by atoms with E-state index in [9.17, 15) is 9.59 Å². The van der Waals surface area contributed by atoms with Gasteiger partial charge in [0.05, 0.1) is 5.56 Å². The minimum atomic E-state index is -0.577. The van der Waals surface area contributed by atoms with Gasteiger partial charge >= 0.3 is 5.97 Å². The van der Waals surface area contributed by atoms with Crippen LogP contribution in [0, 0.1) is 0 Å². The molecule has 2 aromatic carbocycles. The summed E-state index contributed by atoms with van der Waals surface area (Å²) in [6.07, 6.45) is 0.785. The number of esters is 1. The monoisotopic (exact) mass is 370 g/mol. The molecule has 1 amide bonds. The number of anilines is 1. The molecule has 2 aromatic rings. The fourth-order valence-corrected chi connectivity index (χ4v) is 2.64. The zero-order chi connectivity index (χ0) is 19.1. The first-order valence-corrected chi connectivity index (χ1v) is 8.73. The van der Waals surface area contributed by atoms with Crippen LogP contribution in [0.1, 0.15) is 16.8 Å². The van der Waals surface area contributed by atoms with E-state index < -0.39 is 5.97 Å². The van der Waals surface area contributed by atoms with Crippen molar-refractivity contribution in [3.05, 3.63) is 54.1 Å². The van der Waals surface area contributed by atoms with Crippen molar-refractivity contribution in [2.45, 2.75) is 6.42 Å². The lowest BCUT2D eigenvalue weighted by atomic mass is 10.2. The van der Waals surface area contributed by atoms with Gasteiger partial charge in [-0.25, -0.2) is 4.79 Å². The summed E-state index contributed by atoms with van der Waals surface area (Å²) in [7, 11) is 2.00. The van der Waals surface area contributed by atoms with Crippen molar-refractivity contribution >= 4 is 17.6 Å². The average Bonchev–Trinajstić information content (AvgIpc) is 3.17. The van der Waals surface area contributed by atoms with Crippen LogP contribution in [0.15, 0.2) is 48.5 Å². The van der Waals surface area contributed by atoms with Gasteiger partial charge in [-0.15, -0.1) is 0 Å². The van der Waals surface area contributed by atoms with Gasteiger partial charge in [-0.05, 0) is 36.8 Å².